The minimum absolute atomic E-state index is 0.114. The molecule has 0 aromatic heterocycles. The minimum Gasteiger partial charge on any atom is -0.378 e. The van der Waals surface area contributed by atoms with Crippen molar-refractivity contribution in [3.05, 3.63) is 142 Å². The van der Waals surface area contributed by atoms with E-state index in [1.807, 2.05) is 6.07 Å². The smallest absolute Gasteiger partial charge is 0.0517 e. The van der Waals surface area contributed by atoms with Crippen LogP contribution in [0.5, 0.6) is 0 Å². The predicted octanol–water partition coefficient (Wildman–Crippen LogP) is 9.98. The van der Waals surface area contributed by atoms with Gasteiger partial charge in [0.25, 0.3) is 0 Å². The molecule has 4 aromatic rings. The van der Waals surface area contributed by atoms with E-state index in [-0.39, 0.29) is 11.5 Å². The summed E-state index contributed by atoms with van der Waals surface area (Å²) < 4.78 is 0. The predicted molar refractivity (Wildman–Crippen MR) is 162 cm³/mol. The van der Waals surface area contributed by atoms with Crippen molar-refractivity contribution >= 4 is 22.9 Å². The summed E-state index contributed by atoms with van der Waals surface area (Å²) in [6, 6.07) is 35.4. The van der Waals surface area contributed by atoms with Crippen molar-refractivity contribution in [2.24, 2.45) is 0 Å². The van der Waals surface area contributed by atoms with E-state index in [1.54, 1.807) is 0 Å². The van der Waals surface area contributed by atoms with Gasteiger partial charge in [-0.1, -0.05) is 117 Å². The van der Waals surface area contributed by atoms with Crippen molar-refractivity contribution in [1.82, 2.24) is 5.32 Å². The first-order chi connectivity index (χ1) is 18.5. The highest BCUT2D eigenvalue weighted by Gasteiger charge is 2.36. The molecule has 1 heterocycles. The second kappa shape index (κ2) is 9.97. The third kappa shape index (κ3) is 4.29. The van der Waals surface area contributed by atoms with Crippen molar-refractivity contribution in [1.29, 1.82) is 0 Å². The molecule has 1 aliphatic heterocycles. The van der Waals surface area contributed by atoms with Crippen LogP contribution in [0.1, 0.15) is 73.9 Å². The van der Waals surface area contributed by atoms with E-state index in [4.69, 9.17) is 11.6 Å². The van der Waals surface area contributed by atoms with Gasteiger partial charge in [0.15, 0.2) is 0 Å². The van der Waals surface area contributed by atoms with Gasteiger partial charge in [0.2, 0.25) is 0 Å². The molecule has 0 fully saturated rings. The van der Waals surface area contributed by atoms with Crippen molar-refractivity contribution in [2.45, 2.75) is 51.5 Å². The van der Waals surface area contributed by atoms with Crippen LogP contribution in [0, 0.1) is 0 Å². The Morgan fingerprint density at radius 3 is 2.16 bits per heavy atom. The van der Waals surface area contributed by atoms with Gasteiger partial charge in [-0.3, -0.25) is 0 Å². The van der Waals surface area contributed by atoms with Crippen LogP contribution < -0.4 is 5.32 Å². The molecule has 1 unspecified atom stereocenters. The van der Waals surface area contributed by atoms with Crippen molar-refractivity contribution in [3.8, 4) is 11.1 Å². The van der Waals surface area contributed by atoms with Crippen LogP contribution >= 0.6 is 11.6 Å². The number of allylic oxidation sites excluding steroid dienone is 3. The van der Waals surface area contributed by atoms with E-state index in [0.717, 1.165) is 24.3 Å². The first-order valence-electron chi connectivity index (χ1n) is 13.7. The fourth-order valence-electron chi connectivity index (χ4n) is 6.32. The maximum Gasteiger partial charge on any atom is 0.0517 e. The zero-order valence-electron chi connectivity index (χ0n) is 22.4. The lowest BCUT2D eigenvalue weighted by atomic mass is 9.81. The molecule has 0 amide bonds. The number of hydrogen-bond acceptors (Lipinski definition) is 1. The molecule has 1 N–H and O–H groups in total. The Kier molecular flexibility index (Phi) is 6.50. The summed E-state index contributed by atoms with van der Waals surface area (Å²) in [4.78, 5) is 0. The van der Waals surface area contributed by atoms with E-state index in [9.17, 15) is 0 Å². The lowest BCUT2D eigenvalue weighted by molar-refractivity contribution is 0.583. The molecule has 2 aliphatic rings. The Morgan fingerprint density at radius 2 is 1.45 bits per heavy atom. The van der Waals surface area contributed by atoms with E-state index < -0.39 is 0 Å². The molecule has 0 spiro atoms. The van der Waals surface area contributed by atoms with Crippen molar-refractivity contribution in [3.63, 3.8) is 0 Å². The van der Waals surface area contributed by atoms with Gasteiger partial charge < -0.3 is 5.32 Å². The number of benzene rings is 4. The molecule has 190 valence electrons. The van der Waals surface area contributed by atoms with Gasteiger partial charge in [-0.05, 0) is 87.6 Å². The summed E-state index contributed by atoms with van der Waals surface area (Å²) in [5.41, 5.74) is 13.0. The third-order valence-electron chi connectivity index (χ3n) is 8.32. The molecule has 0 bridgehead atoms. The highest BCUT2D eigenvalue weighted by atomic mass is 35.5. The minimum atomic E-state index is -0.114. The summed E-state index contributed by atoms with van der Waals surface area (Å²) in [5.74, 6) is 0. The van der Waals surface area contributed by atoms with E-state index in [0.29, 0.717) is 0 Å². The molecule has 6 rings (SSSR count). The Labute approximate surface area is 231 Å². The summed E-state index contributed by atoms with van der Waals surface area (Å²) in [7, 11) is 0. The monoisotopic (exact) mass is 515 g/mol. The van der Waals surface area contributed by atoms with Gasteiger partial charge in [0, 0.05) is 16.1 Å². The maximum atomic E-state index is 6.44. The summed E-state index contributed by atoms with van der Waals surface area (Å²) in [5, 5.41) is 4.85. The van der Waals surface area contributed by atoms with Gasteiger partial charge in [0.1, 0.15) is 0 Å². The Bertz CT molecular complexity index is 1540. The van der Waals surface area contributed by atoms with E-state index in [1.165, 1.54) is 55.8 Å². The Balaban J connectivity index is 1.53. The number of fused-ring (bicyclic) bond motifs is 3. The summed E-state index contributed by atoms with van der Waals surface area (Å²) >= 11 is 6.44. The molecule has 1 nitrogen and oxygen atoms in total. The zero-order chi connectivity index (χ0) is 26.3. The van der Waals surface area contributed by atoms with Gasteiger partial charge in [0.05, 0.1) is 6.04 Å². The second-order valence-corrected chi connectivity index (χ2v) is 11.4. The summed E-state index contributed by atoms with van der Waals surface area (Å²) in [6.45, 7) is 6.92. The first kappa shape index (κ1) is 24.8. The highest BCUT2D eigenvalue weighted by Crippen LogP contribution is 2.50. The number of nitrogens with one attached hydrogen (secondary N) is 1. The third-order valence-corrected chi connectivity index (χ3v) is 8.55. The van der Waals surface area contributed by atoms with Crippen molar-refractivity contribution in [2.75, 3.05) is 0 Å². The fraction of sp³-hybridized carbons (Fsp3) is 0.222. The maximum absolute atomic E-state index is 6.44. The summed E-state index contributed by atoms with van der Waals surface area (Å²) in [6.07, 6.45) is 5.48. The molecular formula is C36H34ClN. The molecule has 4 aromatic carbocycles. The molecular weight excluding hydrogens is 482 g/mol. The van der Waals surface area contributed by atoms with Gasteiger partial charge >= 0.3 is 0 Å². The van der Waals surface area contributed by atoms with Crippen LogP contribution in [0.25, 0.3) is 22.4 Å². The number of rotatable bonds is 4. The highest BCUT2D eigenvalue weighted by molar-refractivity contribution is 6.30. The zero-order valence-corrected chi connectivity index (χ0v) is 23.1. The molecule has 2 heteroatoms. The molecule has 0 saturated heterocycles. The van der Waals surface area contributed by atoms with E-state index in [2.05, 4.69) is 123 Å². The average Bonchev–Trinajstić information content (AvgIpc) is 3.15. The van der Waals surface area contributed by atoms with Crippen molar-refractivity contribution < 1.29 is 0 Å². The standard InChI is InChI=1S/C36H34ClN/c1-4-28-29(24-12-7-5-8-13-24)16-11-17-34(25-14-9-6-10-15-25)38-35(28)26-18-20-30-31-21-19-27(37)23-33(31)36(2,3)32(30)22-26/h5-10,12-16,18-23,34,38H,4,11,17H2,1-3H3. The van der Waals surface area contributed by atoms with Gasteiger partial charge in [-0.2, -0.15) is 0 Å². The Morgan fingerprint density at radius 1 is 0.789 bits per heavy atom. The molecule has 38 heavy (non-hydrogen) atoms. The molecule has 1 aliphatic carbocycles. The van der Waals surface area contributed by atoms with Gasteiger partial charge in [-0.15, -0.1) is 0 Å². The largest absolute Gasteiger partial charge is 0.378 e. The normalized spacial score (nSPS) is 18.1. The molecule has 0 radical (unpaired) electrons. The van der Waals surface area contributed by atoms with Crippen LogP contribution in [-0.2, 0) is 5.41 Å². The molecule has 0 saturated carbocycles. The van der Waals surface area contributed by atoms with E-state index >= 15 is 0 Å². The van der Waals surface area contributed by atoms with Crippen LogP contribution in [0.4, 0.5) is 0 Å². The molecule has 1 atom stereocenters. The van der Waals surface area contributed by atoms with Gasteiger partial charge in [-0.25, -0.2) is 0 Å². The number of hydrogen-bond donors (Lipinski definition) is 1. The fourth-order valence-corrected chi connectivity index (χ4v) is 6.49. The average molecular weight is 516 g/mol. The topological polar surface area (TPSA) is 12.0 Å². The van der Waals surface area contributed by atoms with Crippen LogP contribution in [-0.4, -0.2) is 0 Å². The number of halogens is 1. The Hall–Kier alpha value is -3.55. The van der Waals surface area contributed by atoms with Crippen LogP contribution in [0.2, 0.25) is 5.02 Å². The lowest BCUT2D eigenvalue weighted by Crippen LogP contribution is -2.23. The lowest BCUT2D eigenvalue weighted by Gasteiger charge is -2.29. The SMILES string of the molecule is CCC1=C(c2ccc3c(c2)C(C)(C)c2cc(Cl)ccc2-3)NC(c2ccccc2)CCC=C1c1ccccc1. The first-order valence-corrected chi connectivity index (χ1v) is 14.1. The second-order valence-electron chi connectivity index (χ2n) is 11.0. The quantitative estimate of drug-likeness (QED) is 0.285. The van der Waals surface area contributed by atoms with Crippen LogP contribution in [0.3, 0.4) is 0 Å². The van der Waals surface area contributed by atoms with Crippen LogP contribution in [0.15, 0.2) is 109 Å².